The van der Waals surface area contributed by atoms with Gasteiger partial charge >= 0.3 is 0 Å². The molecule has 4 aliphatic carbocycles. The Balaban J connectivity index is 1.21. The second kappa shape index (κ2) is 8.23. The van der Waals surface area contributed by atoms with Crippen LogP contribution in [0.15, 0.2) is 58.8 Å². The van der Waals surface area contributed by atoms with E-state index >= 15 is 0 Å². The lowest BCUT2D eigenvalue weighted by Gasteiger charge is -2.59. The van der Waals surface area contributed by atoms with Gasteiger partial charge in [0.25, 0.3) is 0 Å². The molecule has 4 saturated carbocycles. The summed E-state index contributed by atoms with van der Waals surface area (Å²) in [7, 11) is 0. The van der Waals surface area contributed by atoms with Crippen molar-refractivity contribution in [2.75, 3.05) is 26.2 Å². The molecule has 0 unspecified atom stereocenters. The Bertz CT molecular complexity index is 1530. The monoisotopic (exact) mass is 516 g/mol. The van der Waals surface area contributed by atoms with Crippen molar-refractivity contribution in [3.05, 3.63) is 71.0 Å². The molecule has 2 aromatic heterocycles. The molecule has 4 heterocycles. The standard InChI is InChI=1S/C33H36N6/c1-3-24-26(17-38-28(24)12-22(1)31-34-5-6-35-31)30(33-14-19-9-20(15-33)11-21(10-19)16-33)27-18-39-29-13-23(2-4-25(27)29)32-36-7-8-37-32/h1-4,12-13,17-21,30,38-39H,5-11,14-16H2,(H,34,35)(H,36,37). The average Bonchev–Trinajstić information content (AvgIpc) is 3.76. The third-order valence-corrected chi connectivity index (χ3v) is 10.6. The number of H-pyrrole nitrogens is 2. The van der Waals surface area contributed by atoms with E-state index in [0.29, 0.717) is 11.3 Å². The van der Waals surface area contributed by atoms with Gasteiger partial charge in [0.05, 0.1) is 13.1 Å². The van der Waals surface area contributed by atoms with Crippen molar-refractivity contribution in [1.29, 1.82) is 0 Å². The molecule has 4 fully saturated rings. The summed E-state index contributed by atoms with van der Waals surface area (Å²) in [6, 6.07) is 13.8. The molecule has 6 aliphatic rings. The topological polar surface area (TPSA) is 80.4 Å². The van der Waals surface area contributed by atoms with Crippen molar-refractivity contribution >= 4 is 33.5 Å². The number of hydrogen-bond acceptors (Lipinski definition) is 4. The SMILES string of the molecule is c1cc2c(C(c3c[nH]c4cc(C5=NCCN5)ccc34)C34CC5CC(CC(C5)C3)C4)c[nH]c2cc1C1=NCCN1. The number of hydrogen-bond donors (Lipinski definition) is 4. The zero-order valence-electron chi connectivity index (χ0n) is 22.4. The van der Waals surface area contributed by atoms with E-state index in [1.165, 1.54) is 82.6 Å². The van der Waals surface area contributed by atoms with Crippen LogP contribution in [0, 0.1) is 23.2 Å². The van der Waals surface area contributed by atoms with E-state index in [-0.39, 0.29) is 0 Å². The number of aromatic amines is 2. The number of nitrogens with zero attached hydrogens (tertiary/aromatic N) is 2. The number of benzene rings is 2. The summed E-state index contributed by atoms with van der Waals surface area (Å²) >= 11 is 0. The maximum Gasteiger partial charge on any atom is 0.128 e. The third-order valence-electron chi connectivity index (χ3n) is 10.6. The number of rotatable bonds is 5. The Labute approximate surface area is 228 Å². The van der Waals surface area contributed by atoms with E-state index in [4.69, 9.17) is 0 Å². The maximum atomic E-state index is 4.67. The molecule has 0 spiro atoms. The van der Waals surface area contributed by atoms with Gasteiger partial charge in [0, 0.05) is 64.3 Å². The maximum absolute atomic E-state index is 4.67. The Hall–Kier alpha value is -3.54. The molecule has 10 rings (SSSR count). The molecule has 4 bridgehead atoms. The number of fused-ring (bicyclic) bond motifs is 2. The van der Waals surface area contributed by atoms with Crippen LogP contribution in [0.3, 0.4) is 0 Å². The zero-order valence-corrected chi connectivity index (χ0v) is 22.4. The van der Waals surface area contributed by atoms with Gasteiger partial charge in [0.2, 0.25) is 0 Å². The minimum absolute atomic E-state index is 0.338. The van der Waals surface area contributed by atoms with Gasteiger partial charge in [-0.25, -0.2) is 0 Å². The van der Waals surface area contributed by atoms with Gasteiger partial charge in [0.15, 0.2) is 0 Å². The van der Waals surface area contributed by atoms with E-state index in [9.17, 15) is 0 Å². The summed E-state index contributed by atoms with van der Waals surface area (Å²) in [4.78, 5) is 16.7. The number of aliphatic imine (C=N–C) groups is 2. The van der Waals surface area contributed by atoms with E-state index in [2.05, 4.69) is 79.4 Å². The highest BCUT2D eigenvalue weighted by molar-refractivity contribution is 6.04. The van der Waals surface area contributed by atoms with Crippen LogP contribution in [0.1, 0.15) is 66.7 Å². The lowest BCUT2D eigenvalue weighted by molar-refractivity contribution is -0.0614. The van der Waals surface area contributed by atoms with Crippen LogP contribution in [0.4, 0.5) is 0 Å². The van der Waals surface area contributed by atoms with Crippen LogP contribution < -0.4 is 10.6 Å². The first kappa shape index (κ1) is 22.3. The second-order valence-corrected chi connectivity index (χ2v) is 13.0. The van der Waals surface area contributed by atoms with Crippen LogP contribution in [0.2, 0.25) is 0 Å². The normalized spacial score (nSPS) is 29.3. The fourth-order valence-corrected chi connectivity index (χ4v) is 9.61. The number of aromatic nitrogens is 2. The predicted octanol–water partition coefficient (Wildman–Crippen LogP) is 5.70. The van der Waals surface area contributed by atoms with E-state index in [1.54, 1.807) is 0 Å². The molecule has 2 aromatic carbocycles. The fraction of sp³-hybridized carbons (Fsp3) is 0.455. The largest absolute Gasteiger partial charge is 0.368 e. The third kappa shape index (κ3) is 3.39. The summed E-state index contributed by atoms with van der Waals surface area (Å²) in [5.74, 6) is 5.16. The molecule has 6 nitrogen and oxygen atoms in total. The van der Waals surface area contributed by atoms with Gasteiger partial charge in [-0.05, 0) is 85.0 Å². The lowest BCUT2D eigenvalue weighted by Crippen LogP contribution is -2.49. The molecule has 0 saturated heterocycles. The summed E-state index contributed by atoms with van der Waals surface area (Å²) in [5, 5.41) is 9.62. The molecule has 198 valence electrons. The highest BCUT2D eigenvalue weighted by atomic mass is 15.1. The zero-order chi connectivity index (χ0) is 25.6. The molecular formula is C33H36N6. The van der Waals surface area contributed by atoms with Crippen molar-refractivity contribution in [1.82, 2.24) is 20.6 Å². The van der Waals surface area contributed by atoms with Crippen molar-refractivity contribution in [2.45, 2.75) is 44.4 Å². The Morgan fingerprint density at radius 3 is 1.59 bits per heavy atom. The number of amidine groups is 2. The van der Waals surface area contributed by atoms with Gasteiger partial charge in [-0.3, -0.25) is 9.98 Å². The Kier molecular flexibility index (Phi) is 4.71. The predicted molar refractivity (Wildman–Crippen MR) is 158 cm³/mol. The summed E-state index contributed by atoms with van der Waals surface area (Å²) in [6.07, 6.45) is 13.2. The van der Waals surface area contributed by atoms with Crippen LogP contribution in [0.5, 0.6) is 0 Å². The highest BCUT2D eigenvalue weighted by Crippen LogP contribution is 2.66. The molecule has 4 aromatic rings. The smallest absolute Gasteiger partial charge is 0.128 e. The van der Waals surface area contributed by atoms with E-state index in [1.807, 2.05) is 0 Å². The van der Waals surface area contributed by atoms with Gasteiger partial charge in [-0.1, -0.05) is 24.3 Å². The molecule has 0 atom stereocenters. The van der Waals surface area contributed by atoms with E-state index in [0.717, 1.165) is 55.6 Å². The molecule has 4 N–H and O–H groups in total. The quantitative estimate of drug-likeness (QED) is 0.275. The second-order valence-electron chi connectivity index (χ2n) is 13.0. The lowest BCUT2D eigenvalue weighted by atomic mass is 9.45. The molecule has 39 heavy (non-hydrogen) atoms. The first-order valence-corrected chi connectivity index (χ1v) is 15.0. The van der Waals surface area contributed by atoms with Gasteiger partial charge in [-0.2, -0.15) is 0 Å². The number of nitrogens with one attached hydrogen (secondary N) is 4. The summed E-state index contributed by atoms with van der Waals surface area (Å²) in [6.45, 7) is 3.60. The Morgan fingerprint density at radius 2 is 1.15 bits per heavy atom. The van der Waals surface area contributed by atoms with Crippen molar-refractivity contribution < 1.29 is 0 Å². The first-order chi connectivity index (χ1) is 19.2. The van der Waals surface area contributed by atoms with Gasteiger partial charge < -0.3 is 20.6 Å². The van der Waals surface area contributed by atoms with E-state index < -0.39 is 0 Å². The molecule has 6 heteroatoms. The van der Waals surface area contributed by atoms with Gasteiger partial charge in [-0.15, -0.1) is 0 Å². The summed E-state index contributed by atoms with van der Waals surface area (Å²) < 4.78 is 0. The molecular weight excluding hydrogens is 480 g/mol. The van der Waals surface area contributed by atoms with Crippen molar-refractivity contribution in [3.63, 3.8) is 0 Å². The Morgan fingerprint density at radius 1 is 0.667 bits per heavy atom. The van der Waals surface area contributed by atoms with Crippen molar-refractivity contribution in [3.8, 4) is 0 Å². The van der Waals surface area contributed by atoms with Crippen LogP contribution in [-0.4, -0.2) is 47.8 Å². The minimum atomic E-state index is 0.338. The fourth-order valence-electron chi connectivity index (χ4n) is 9.61. The highest BCUT2D eigenvalue weighted by Gasteiger charge is 2.55. The van der Waals surface area contributed by atoms with Crippen LogP contribution >= 0.6 is 0 Å². The minimum Gasteiger partial charge on any atom is -0.368 e. The van der Waals surface area contributed by atoms with Crippen LogP contribution in [-0.2, 0) is 0 Å². The average molecular weight is 517 g/mol. The van der Waals surface area contributed by atoms with Crippen molar-refractivity contribution in [2.24, 2.45) is 33.2 Å². The van der Waals surface area contributed by atoms with Gasteiger partial charge in [0.1, 0.15) is 11.7 Å². The molecule has 2 aliphatic heterocycles. The molecule has 0 radical (unpaired) electrons. The van der Waals surface area contributed by atoms with Crippen LogP contribution in [0.25, 0.3) is 21.8 Å². The molecule has 0 amide bonds. The first-order valence-electron chi connectivity index (χ1n) is 15.0. The summed E-state index contributed by atoms with van der Waals surface area (Å²) in [5.41, 5.74) is 8.11.